The molecule has 1 fully saturated rings. The summed E-state index contributed by atoms with van der Waals surface area (Å²) in [6.45, 7) is 2.62. The summed E-state index contributed by atoms with van der Waals surface area (Å²) in [6, 6.07) is 16.1. The summed E-state index contributed by atoms with van der Waals surface area (Å²) in [4.78, 5) is 31.4. The zero-order chi connectivity index (χ0) is 24.1. The first-order chi connectivity index (χ1) is 16.4. The highest BCUT2D eigenvalue weighted by atomic mass is 16.2. The molecule has 1 heterocycles. The summed E-state index contributed by atoms with van der Waals surface area (Å²) in [5.74, 6) is 0.804. The number of rotatable bonds is 7. The molecule has 8 nitrogen and oxygen atoms in total. The number of nitriles is 1. The number of hydrogen-bond donors (Lipinski definition) is 3. The normalized spacial score (nSPS) is 20.2. The minimum atomic E-state index is -0.761. The molecule has 2 aromatic carbocycles. The largest absolute Gasteiger partial charge is 0.369 e. The number of carbonyl (C=O) groups excluding carboxylic acids is 2. The van der Waals surface area contributed by atoms with Crippen molar-refractivity contribution in [1.29, 1.82) is 5.26 Å². The van der Waals surface area contributed by atoms with Crippen molar-refractivity contribution in [3.63, 3.8) is 0 Å². The molecule has 0 aromatic heterocycles. The standard InChI is InChI=1S/C26H30N6O2/c1-26(14-18-5-2-3-6-18)23(33)32(24(28)31-26)17-20-11-9-19(10-12-20)16-29-25(34)30-22-8-4-7-21(13-22)15-27/h4,7-13,18H,2-3,5-6,14,16-17H2,1H3,(H2,28,31)(H2,29,30,34). The van der Waals surface area contributed by atoms with E-state index in [1.807, 2.05) is 37.3 Å². The fourth-order valence-electron chi connectivity index (χ4n) is 4.79. The lowest BCUT2D eigenvalue weighted by atomic mass is 9.88. The second-order valence-electron chi connectivity index (χ2n) is 9.31. The number of aliphatic imine (C=N–C) groups is 1. The lowest BCUT2D eigenvalue weighted by molar-refractivity contribution is -0.131. The zero-order valence-electron chi connectivity index (χ0n) is 19.4. The topological polar surface area (TPSA) is 124 Å². The molecule has 1 atom stereocenters. The molecule has 4 N–H and O–H groups in total. The maximum absolute atomic E-state index is 13.1. The number of anilines is 1. The lowest BCUT2D eigenvalue weighted by Crippen LogP contribution is -2.43. The van der Waals surface area contributed by atoms with Crippen LogP contribution < -0.4 is 16.4 Å². The number of nitrogens with one attached hydrogen (secondary N) is 2. The van der Waals surface area contributed by atoms with E-state index in [0.717, 1.165) is 30.4 Å². The predicted molar refractivity (Wildman–Crippen MR) is 131 cm³/mol. The molecule has 0 saturated heterocycles. The number of carbonyl (C=O) groups is 2. The van der Waals surface area contributed by atoms with Crippen LogP contribution >= 0.6 is 0 Å². The van der Waals surface area contributed by atoms with E-state index < -0.39 is 5.54 Å². The third kappa shape index (κ3) is 5.37. The first kappa shape index (κ1) is 23.3. The second-order valence-corrected chi connectivity index (χ2v) is 9.31. The molecule has 1 unspecified atom stereocenters. The van der Waals surface area contributed by atoms with Crippen molar-refractivity contribution >= 4 is 23.6 Å². The predicted octanol–water partition coefficient (Wildman–Crippen LogP) is 3.88. The van der Waals surface area contributed by atoms with Gasteiger partial charge in [0.2, 0.25) is 0 Å². The third-order valence-electron chi connectivity index (χ3n) is 6.57. The van der Waals surface area contributed by atoms with Crippen LogP contribution in [0.25, 0.3) is 0 Å². The van der Waals surface area contributed by atoms with Crippen molar-refractivity contribution in [2.75, 3.05) is 5.32 Å². The fourth-order valence-corrected chi connectivity index (χ4v) is 4.79. The summed E-state index contributed by atoms with van der Waals surface area (Å²) < 4.78 is 0. The van der Waals surface area contributed by atoms with E-state index >= 15 is 0 Å². The van der Waals surface area contributed by atoms with Gasteiger partial charge in [0.05, 0.1) is 18.2 Å². The van der Waals surface area contributed by atoms with Gasteiger partial charge in [-0.1, -0.05) is 56.0 Å². The SMILES string of the molecule is CC1(CC2CCCC2)N=C(N)N(Cc2ccc(CNC(=O)Nc3cccc(C#N)c3)cc2)C1=O. The molecular formula is C26H30N6O2. The van der Waals surface area contributed by atoms with Crippen molar-refractivity contribution in [2.24, 2.45) is 16.6 Å². The summed E-state index contributed by atoms with van der Waals surface area (Å²) >= 11 is 0. The van der Waals surface area contributed by atoms with Gasteiger partial charge < -0.3 is 16.4 Å². The van der Waals surface area contributed by atoms with Gasteiger partial charge in [0.15, 0.2) is 5.96 Å². The second kappa shape index (κ2) is 9.96. The Bertz CT molecular complexity index is 1130. The van der Waals surface area contributed by atoms with Crippen molar-refractivity contribution in [3.8, 4) is 6.07 Å². The maximum atomic E-state index is 13.1. The van der Waals surface area contributed by atoms with Gasteiger partial charge in [-0.15, -0.1) is 0 Å². The molecule has 0 bridgehead atoms. The van der Waals surface area contributed by atoms with Crippen LogP contribution in [0, 0.1) is 17.2 Å². The molecular weight excluding hydrogens is 428 g/mol. The average molecular weight is 459 g/mol. The van der Waals surface area contributed by atoms with Crippen LogP contribution in [0.15, 0.2) is 53.5 Å². The molecule has 8 heteroatoms. The van der Waals surface area contributed by atoms with Gasteiger partial charge in [-0.3, -0.25) is 9.69 Å². The summed E-state index contributed by atoms with van der Waals surface area (Å²) in [7, 11) is 0. The van der Waals surface area contributed by atoms with Crippen LogP contribution in [0.5, 0.6) is 0 Å². The van der Waals surface area contributed by atoms with E-state index in [9.17, 15) is 9.59 Å². The van der Waals surface area contributed by atoms with Crippen molar-refractivity contribution in [3.05, 3.63) is 65.2 Å². The zero-order valence-corrected chi connectivity index (χ0v) is 19.4. The first-order valence-corrected chi connectivity index (χ1v) is 11.7. The van der Waals surface area contributed by atoms with Crippen LogP contribution in [-0.4, -0.2) is 28.3 Å². The number of nitrogens with two attached hydrogens (primary N) is 1. The van der Waals surface area contributed by atoms with Gasteiger partial charge >= 0.3 is 6.03 Å². The van der Waals surface area contributed by atoms with Crippen LogP contribution in [0.1, 0.15) is 55.7 Å². The summed E-state index contributed by atoms with van der Waals surface area (Å²) in [6.07, 6.45) is 5.55. The number of hydrogen-bond acceptors (Lipinski definition) is 5. The Hall–Kier alpha value is -3.86. The monoisotopic (exact) mass is 458 g/mol. The van der Waals surface area contributed by atoms with Crippen LogP contribution in [-0.2, 0) is 17.9 Å². The van der Waals surface area contributed by atoms with Gasteiger partial charge in [-0.2, -0.15) is 5.26 Å². The highest BCUT2D eigenvalue weighted by Crippen LogP contribution is 2.36. The van der Waals surface area contributed by atoms with Crippen LogP contribution in [0.4, 0.5) is 10.5 Å². The van der Waals surface area contributed by atoms with Crippen molar-refractivity contribution in [1.82, 2.24) is 10.2 Å². The van der Waals surface area contributed by atoms with Gasteiger partial charge in [0.25, 0.3) is 5.91 Å². The Labute approximate surface area is 199 Å². The molecule has 2 aliphatic rings. The highest BCUT2D eigenvalue weighted by molar-refractivity contribution is 6.06. The number of nitrogens with zero attached hydrogens (tertiary/aromatic N) is 3. The molecule has 0 radical (unpaired) electrons. The number of guanidine groups is 1. The molecule has 4 rings (SSSR count). The van der Waals surface area contributed by atoms with E-state index in [1.54, 1.807) is 29.2 Å². The third-order valence-corrected chi connectivity index (χ3v) is 6.57. The van der Waals surface area contributed by atoms with Crippen molar-refractivity contribution in [2.45, 2.75) is 57.7 Å². The summed E-state index contributed by atoms with van der Waals surface area (Å²) in [5, 5.41) is 14.5. The summed E-state index contributed by atoms with van der Waals surface area (Å²) in [5.41, 5.74) is 8.28. The maximum Gasteiger partial charge on any atom is 0.319 e. The Balaban J connectivity index is 1.29. The fraction of sp³-hybridized carbons (Fsp3) is 0.385. The van der Waals surface area contributed by atoms with Gasteiger partial charge in [0.1, 0.15) is 5.54 Å². The molecule has 2 aromatic rings. The van der Waals surface area contributed by atoms with Crippen LogP contribution in [0.2, 0.25) is 0 Å². The average Bonchev–Trinajstić information content (AvgIpc) is 3.40. The Morgan fingerprint density at radius 3 is 2.62 bits per heavy atom. The molecule has 1 saturated carbocycles. The van der Waals surface area contributed by atoms with Gasteiger partial charge in [0, 0.05) is 12.2 Å². The van der Waals surface area contributed by atoms with Gasteiger partial charge in [-0.25, -0.2) is 9.79 Å². The smallest absolute Gasteiger partial charge is 0.319 e. The molecule has 176 valence electrons. The molecule has 0 spiro atoms. The number of urea groups is 1. The quantitative estimate of drug-likeness (QED) is 0.582. The Kier molecular flexibility index (Phi) is 6.82. The van der Waals surface area contributed by atoms with E-state index in [-0.39, 0.29) is 17.9 Å². The number of amides is 3. The minimum absolute atomic E-state index is 0.0280. The first-order valence-electron chi connectivity index (χ1n) is 11.7. The van der Waals surface area contributed by atoms with E-state index in [4.69, 9.17) is 11.0 Å². The van der Waals surface area contributed by atoms with E-state index in [1.165, 1.54) is 12.8 Å². The van der Waals surface area contributed by atoms with Crippen LogP contribution in [0.3, 0.4) is 0 Å². The number of benzene rings is 2. The van der Waals surface area contributed by atoms with E-state index in [2.05, 4.69) is 15.6 Å². The molecule has 1 aliphatic heterocycles. The van der Waals surface area contributed by atoms with E-state index in [0.29, 0.717) is 30.3 Å². The van der Waals surface area contributed by atoms with Crippen molar-refractivity contribution < 1.29 is 9.59 Å². The van der Waals surface area contributed by atoms with Gasteiger partial charge in [-0.05, 0) is 48.6 Å². The highest BCUT2D eigenvalue weighted by Gasteiger charge is 2.45. The minimum Gasteiger partial charge on any atom is -0.369 e. The lowest BCUT2D eigenvalue weighted by Gasteiger charge is -2.24. The molecule has 1 aliphatic carbocycles. The Morgan fingerprint density at radius 2 is 1.91 bits per heavy atom. The molecule has 34 heavy (non-hydrogen) atoms. The Morgan fingerprint density at radius 1 is 1.21 bits per heavy atom. The molecule has 3 amide bonds.